The van der Waals surface area contributed by atoms with Gasteiger partial charge in [0.25, 0.3) is 18.2 Å². The first-order valence-corrected chi connectivity index (χ1v) is 11.3. The Morgan fingerprint density at radius 3 is 2.54 bits per heavy atom. The van der Waals surface area contributed by atoms with Gasteiger partial charge in [-0.3, -0.25) is 9.59 Å². The fraction of sp³-hybridized carbons (Fsp3) is 0.167. The van der Waals surface area contributed by atoms with Crippen molar-refractivity contribution in [1.82, 2.24) is 20.3 Å². The van der Waals surface area contributed by atoms with Crippen LogP contribution in [-0.2, 0) is 12.7 Å². The number of alkyl halides is 5. The molecule has 15 heteroatoms. The minimum atomic E-state index is -4.96. The van der Waals surface area contributed by atoms with E-state index >= 15 is 0 Å². The first-order chi connectivity index (χ1) is 18.3. The average Bonchev–Trinajstić information content (AvgIpc) is 3.40. The van der Waals surface area contributed by atoms with Crippen LogP contribution < -0.4 is 10.6 Å². The summed E-state index contributed by atoms with van der Waals surface area (Å²) in [6, 6.07) is 4.45. The molecule has 2 heterocycles. The molecule has 0 aliphatic carbocycles. The molecule has 1 aliphatic rings. The van der Waals surface area contributed by atoms with Gasteiger partial charge in [0, 0.05) is 27.4 Å². The number of carbonyl (C=O) groups excluding carboxylic acids is 2. The third-order valence-corrected chi connectivity index (χ3v) is 6.30. The number of benzene rings is 3. The molecule has 39 heavy (non-hydrogen) atoms. The standard InChI is InChI=1S/C24H13ClF7N5O2/c25-14-2-1-11(26)6-13(14)20-18-15(33-22(38)9-3-10(24(30,31)32)5-12(27)4-9)7-16-21(19(18)23(39)34-20)35-36-37(16)8-17(28)29/h1-7,17,20H,8H2,(H,33,38)(H,34,39). The maximum atomic E-state index is 14.1. The smallest absolute Gasteiger partial charge is 0.341 e. The molecule has 1 aromatic heterocycles. The fourth-order valence-electron chi connectivity index (χ4n) is 4.34. The fourth-order valence-corrected chi connectivity index (χ4v) is 4.57. The van der Waals surface area contributed by atoms with E-state index in [1.807, 2.05) is 0 Å². The molecule has 0 saturated carbocycles. The Morgan fingerprint density at radius 2 is 1.85 bits per heavy atom. The number of hydrogen-bond acceptors (Lipinski definition) is 4. The van der Waals surface area contributed by atoms with E-state index in [1.54, 1.807) is 0 Å². The Balaban J connectivity index is 1.70. The number of anilines is 1. The van der Waals surface area contributed by atoms with Gasteiger partial charge >= 0.3 is 6.18 Å². The predicted octanol–water partition coefficient (Wildman–Crippen LogP) is 5.73. The zero-order valence-corrected chi connectivity index (χ0v) is 19.8. The highest BCUT2D eigenvalue weighted by Crippen LogP contribution is 2.42. The van der Waals surface area contributed by atoms with Crippen molar-refractivity contribution in [1.29, 1.82) is 0 Å². The Morgan fingerprint density at radius 1 is 1.10 bits per heavy atom. The summed E-state index contributed by atoms with van der Waals surface area (Å²) in [6.45, 7) is -0.928. The number of fused-ring (bicyclic) bond motifs is 3. The molecule has 5 rings (SSSR count). The second kappa shape index (κ2) is 9.52. The van der Waals surface area contributed by atoms with Crippen LogP contribution in [0.2, 0.25) is 5.02 Å². The van der Waals surface area contributed by atoms with Crippen molar-refractivity contribution in [2.75, 3.05) is 5.32 Å². The van der Waals surface area contributed by atoms with Crippen molar-refractivity contribution in [3.63, 3.8) is 0 Å². The number of amides is 2. The van der Waals surface area contributed by atoms with E-state index in [2.05, 4.69) is 20.9 Å². The van der Waals surface area contributed by atoms with Gasteiger partial charge in [-0.15, -0.1) is 5.10 Å². The lowest BCUT2D eigenvalue weighted by molar-refractivity contribution is -0.137. The molecule has 3 aromatic carbocycles. The van der Waals surface area contributed by atoms with E-state index in [9.17, 15) is 40.3 Å². The Kier molecular flexibility index (Phi) is 6.45. The molecule has 202 valence electrons. The molecular formula is C24H13ClF7N5O2. The Hall–Kier alpha value is -4.20. The molecular weight excluding hydrogens is 559 g/mol. The minimum Gasteiger partial charge on any atom is -0.341 e. The van der Waals surface area contributed by atoms with Gasteiger partial charge in [-0.05, 0) is 42.5 Å². The highest BCUT2D eigenvalue weighted by atomic mass is 35.5. The largest absolute Gasteiger partial charge is 0.416 e. The number of nitrogens with zero attached hydrogens (tertiary/aromatic N) is 3. The summed E-state index contributed by atoms with van der Waals surface area (Å²) >= 11 is 6.23. The number of rotatable bonds is 5. The molecule has 0 radical (unpaired) electrons. The van der Waals surface area contributed by atoms with Crippen LogP contribution in [0.4, 0.5) is 36.4 Å². The van der Waals surface area contributed by atoms with Gasteiger partial charge in [-0.25, -0.2) is 22.2 Å². The maximum Gasteiger partial charge on any atom is 0.416 e. The normalized spacial score (nSPS) is 15.1. The first kappa shape index (κ1) is 26.4. The van der Waals surface area contributed by atoms with Gasteiger partial charge < -0.3 is 10.6 Å². The van der Waals surface area contributed by atoms with Crippen LogP contribution in [-0.4, -0.2) is 33.2 Å². The van der Waals surface area contributed by atoms with Gasteiger partial charge in [0.05, 0.1) is 22.7 Å². The summed E-state index contributed by atoms with van der Waals surface area (Å²) < 4.78 is 94.7. The predicted molar refractivity (Wildman–Crippen MR) is 124 cm³/mol. The number of halogens is 8. The van der Waals surface area contributed by atoms with E-state index in [1.165, 1.54) is 6.07 Å². The lowest BCUT2D eigenvalue weighted by Crippen LogP contribution is -2.21. The second-order valence-electron chi connectivity index (χ2n) is 8.50. The third-order valence-electron chi connectivity index (χ3n) is 5.96. The molecule has 7 nitrogen and oxygen atoms in total. The van der Waals surface area contributed by atoms with Crippen molar-refractivity contribution < 1.29 is 40.3 Å². The number of hydrogen-bond donors (Lipinski definition) is 2. The van der Waals surface area contributed by atoms with Gasteiger partial charge in [0.2, 0.25) is 0 Å². The van der Waals surface area contributed by atoms with Crippen LogP contribution in [0, 0.1) is 11.6 Å². The van der Waals surface area contributed by atoms with Crippen molar-refractivity contribution in [2.24, 2.45) is 0 Å². The quantitative estimate of drug-likeness (QED) is 0.299. The summed E-state index contributed by atoms with van der Waals surface area (Å²) in [6.07, 6.45) is -7.83. The van der Waals surface area contributed by atoms with Crippen LogP contribution in [0.1, 0.15) is 43.4 Å². The SMILES string of the molecule is O=C(Nc1cc2c(nnn2CC(F)F)c2c1C(c1cc(F)ccc1Cl)NC2=O)c1cc(F)cc(C(F)(F)F)c1. The summed E-state index contributed by atoms with van der Waals surface area (Å²) in [5.74, 6) is -4.05. The van der Waals surface area contributed by atoms with Gasteiger partial charge in [-0.1, -0.05) is 16.8 Å². The molecule has 4 aromatic rings. The van der Waals surface area contributed by atoms with Crippen LogP contribution >= 0.6 is 11.6 Å². The zero-order valence-electron chi connectivity index (χ0n) is 19.1. The highest BCUT2D eigenvalue weighted by Gasteiger charge is 2.38. The molecule has 0 bridgehead atoms. The monoisotopic (exact) mass is 571 g/mol. The Labute approximate surface area is 218 Å². The van der Waals surface area contributed by atoms with E-state index in [-0.39, 0.29) is 44.5 Å². The molecule has 0 fully saturated rings. The van der Waals surface area contributed by atoms with Crippen molar-refractivity contribution in [3.05, 3.63) is 86.9 Å². The number of nitrogens with one attached hydrogen (secondary N) is 2. The van der Waals surface area contributed by atoms with Crippen LogP contribution in [0.15, 0.2) is 42.5 Å². The van der Waals surface area contributed by atoms with Crippen LogP contribution in [0.3, 0.4) is 0 Å². The average molecular weight is 572 g/mol. The van der Waals surface area contributed by atoms with E-state index < -0.39 is 59.8 Å². The minimum absolute atomic E-state index is 0.0215. The van der Waals surface area contributed by atoms with Crippen molar-refractivity contribution >= 4 is 40.1 Å². The van der Waals surface area contributed by atoms with Gasteiger partial charge in [0.1, 0.15) is 23.7 Å². The molecule has 0 spiro atoms. The van der Waals surface area contributed by atoms with Crippen molar-refractivity contribution in [3.8, 4) is 0 Å². The summed E-state index contributed by atoms with van der Waals surface area (Å²) in [4.78, 5) is 26.1. The van der Waals surface area contributed by atoms with E-state index in [0.29, 0.717) is 12.1 Å². The number of carbonyl (C=O) groups is 2. The van der Waals surface area contributed by atoms with Crippen molar-refractivity contribution in [2.45, 2.75) is 25.2 Å². The van der Waals surface area contributed by atoms with Crippen LogP contribution in [0.25, 0.3) is 11.0 Å². The summed E-state index contributed by atoms with van der Waals surface area (Å²) in [7, 11) is 0. The topological polar surface area (TPSA) is 88.9 Å². The van der Waals surface area contributed by atoms with Crippen LogP contribution in [0.5, 0.6) is 0 Å². The molecule has 1 aliphatic heterocycles. The summed E-state index contributed by atoms with van der Waals surface area (Å²) in [5.41, 5.74) is -2.77. The lowest BCUT2D eigenvalue weighted by Gasteiger charge is -2.18. The van der Waals surface area contributed by atoms with Gasteiger partial charge in [-0.2, -0.15) is 13.2 Å². The maximum absolute atomic E-state index is 14.1. The number of aromatic nitrogens is 3. The van der Waals surface area contributed by atoms with E-state index in [0.717, 1.165) is 22.9 Å². The molecule has 1 unspecified atom stereocenters. The lowest BCUT2D eigenvalue weighted by atomic mass is 9.95. The molecule has 0 saturated heterocycles. The first-order valence-electron chi connectivity index (χ1n) is 11.0. The molecule has 2 N–H and O–H groups in total. The summed E-state index contributed by atoms with van der Waals surface area (Å²) in [5, 5.41) is 12.4. The third kappa shape index (κ3) is 4.87. The molecule has 2 amide bonds. The Bertz CT molecular complexity index is 1650. The highest BCUT2D eigenvalue weighted by molar-refractivity contribution is 6.31. The zero-order chi connectivity index (χ0) is 28.2. The van der Waals surface area contributed by atoms with E-state index in [4.69, 9.17) is 11.6 Å². The second-order valence-corrected chi connectivity index (χ2v) is 8.90. The molecule has 1 atom stereocenters. The van der Waals surface area contributed by atoms with Gasteiger partial charge in [0.15, 0.2) is 0 Å².